The highest BCUT2D eigenvalue weighted by molar-refractivity contribution is 5.49. The molecule has 62 valence electrons. The Morgan fingerprint density at radius 2 is 2.55 bits per heavy atom. The predicted molar refractivity (Wildman–Crippen MR) is 42.4 cm³/mol. The van der Waals surface area contributed by atoms with E-state index in [1.54, 1.807) is 0 Å². The third-order valence-corrected chi connectivity index (χ3v) is 2.70. The van der Waals surface area contributed by atoms with Crippen LogP contribution in [0.25, 0.3) is 0 Å². The number of nitrogens with zero attached hydrogens (tertiary/aromatic N) is 1. The van der Waals surface area contributed by atoms with E-state index in [0.717, 1.165) is 32.0 Å². The van der Waals surface area contributed by atoms with Crippen LogP contribution in [0.5, 0.6) is 0 Å². The van der Waals surface area contributed by atoms with E-state index in [1.807, 2.05) is 0 Å². The fourth-order valence-corrected chi connectivity index (χ4v) is 2.14. The van der Waals surface area contributed by atoms with Gasteiger partial charge < -0.3 is 10.1 Å². The lowest BCUT2D eigenvalue weighted by atomic mass is 10.2. The Bertz CT molecular complexity index is 160. The van der Waals surface area contributed by atoms with Gasteiger partial charge in [-0.25, -0.2) is 0 Å². The molecular weight excluding hydrogens is 140 g/mol. The van der Waals surface area contributed by atoms with Crippen molar-refractivity contribution in [1.29, 1.82) is 0 Å². The number of hydrogen-bond donors (Lipinski definition) is 1. The minimum Gasteiger partial charge on any atom is -0.311 e. The molecule has 2 heterocycles. The predicted octanol–water partition coefficient (Wildman–Crippen LogP) is -0.378. The van der Waals surface area contributed by atoms with Crippen LogP contribution < -0.4 is 5.32 Å². The number of carbonyl (C=O) groups is 1. The topological polar surface area (TPSA) is 32.3 Å². The molecule has 0 aromatic carbocycles. The molecule has 0 aromatic heterocycles. The molecule has 0 aliphatic carbocycles. The first-order chi connectivity index (χ1) is 5.40. The molecular formula is C8H14N2O. The van der Waals surface area contributed by atoms with E-state index >= 15 is 0 Å². The molecule has 2 bridgehead atoms. The average molecular weight is 154 g/mol. The molecule has 2 fully saturated rings. The molecule has 3 nitrogen and oxygen atoms in total. The Morgan fingerprint density at radius 3 is 3.09 bits per heavy atom. The highest BCUT2D eigenvalue weighted by atomic mass is 16.1. The van der Waals surface area contributed by atoms with Gasteiger partial charge in [0, 0.05) is 38.1 Å². The van der Waals surface area contributed by atoms with Crippen LogP contribution in [0, 0.1) is 0 Å². The molecule has 3 heteroatoms. The van der Waals surface area contributed by atoms with Crippen molar-refractivity contribution in [3.8, 4) is 0 Å². The van der Waals surface area contributed by atoms with Crippen molar-refractivity contribution >= 4 is 6.29 Å². The Labute approximate surface area is 66.8 Å². The molecule has 1 N–H and O–H groups in total. The van der Waals surface area contributed by atoms with Gasteiger partial charge in [0.25, 0.3) is 0 Å². The van der Waals surface area contributed by atoms with Crippen molar-refractivity contribution in [2.75, 3.05) is 19.6 Å². The molecule has 2 saturated heterocycles. The van der Waals surface area contributed by atoms with Crippen LogP contribution in [0.1, 0.15) is 12.8 Å². The van der Waals surface area contributed by atoms with Gasteiger partial charge in [0.15, 0.2) is 0 Å². The molecule has 0 radical (unpaired) electrons. The Kier molecular flexibility index (Phi) is 1.92. The van der Waals surface area contributed by atoms with Crippen molar-refractivity contribution in [3.63, 3.8) is 0 Å². The van der Waals surface area contributed by atoms with E-state index in [9.17, 15) is 4.79 Å². The summed E-state index contributed by atoms with van der Waals surface area (Å²) < 4.78 is 0. The van der Waals surface area contributed by atoms with Crippen molar-refractivity contribution in [1.82, 2.24) is 10.2 Å². The van der Waals surface area contributed by atoms with Gasteiger partial charge >= 0.3 is 0 Å². The Hall–Kier alpha value is -0.410. The van der Waals surface area contributed by atoms with Gasteiger partial charge in [-0.3, -0.25) is 4.90 Å². The molecule has 2 aliphatic heterocycles. The number of aldehydes is 1. The van der Waals surface area contributed by atoms with Gasteiger partial charge in [-0.1, -0.05) is 0 Å². The van der Waals surface area contributed by atoms with E-state index in [2.05, 4.69) is 10.2 Å². The normalized spacial score (nSPS) is 36.4. The van der Waals surface area contributed by atoms with Crippen molar-refractivity contribution < 1.29 is 4.79 Å². The summed E-state index contributed by atoms with van der Waals surface area (Å²) in [6.45, 7) is 3.24. The van der Waals surface area contributed by atoms with Gasteiger partial charge in [0.1, 0.15) is 6.29 Å². The molecule has 11 heavy (non-hydrogen) atoms. The third kappa shape index (κ3) is 1.30. The lowest BCUT2D eigenvalue weighted by Gasteiger charge is -2.26. The van der Waals surface area contributed by atoms with Crippen molar-refractivity contribution in [3.05, 3.63) is 0 Å². The fourth-order valence-electron chi connectivity index (χ4n) is 2.14. The number of hydrogen-bond acceptors (Lipinski definition) is 3. The first-order valence-corrected chi connectivity index (χ1v) is 4.31. The highest BCUT2D eigenvalue weighted by Crippen LogP contribution is 2.22. The molecule has 0 unspecified atom stereocenters. The zero-order valence-electron chi connectivity index (χ0n) is 6.62. The molecule has 2 rings (SSSR count). The minimum atomic E-state index is 0.698. The van der Waals surface area contributed by atoms with E-state index < -0.39 is 0 Å². The summed E-state index contributed by atoms with van der Waals surface area (Å²) in [5, 5.41) is 3.43. The maximum absolute atomic E-state index is 10.1. The number of carbonyl (C=O) groups excluding carboxylic acids is 1. The van der Waals surface area contributed by atoms with Gasteiger partial charge in [-0.2, -0.15) is 0 Å². The largest absolute Gasteiger partial charge is 0.311 e. The van der Waals surface area contributed by atoms with Crippen LogP contribution in [0.15, 0.2) is 0 Å². The maximum atomic E-state index is 10.1. The minimum absolute atomic E-state index is 0.698. The monoisotopic (exact) mass is 154 g/mol. The number of likely N-dealkylation sites (tertiary alicyclic amines) is 1. The van der Waals surface area contributed by atoms with Gasteiger partial charge in [-0.15, -0.1) is 0 Å². The summed E-state index contributed by atoms with van der Waals surface area (Å²) in [7, 11) is 0. The lowest BCUT2D eigenvalue weighted by Crippen LogP contribution is -2.43. The first kappa shape index (κ1) is 7.25. The number of piperazine rings is 1. The summed E-state index contributed by atoms with van der Waals surface area (Å²) in [5.74, 6) is 0. The Morgan fingerprint density at radius 1 is 1.64 bits per heavy atom. The van der Waals surface area contributed by atoms with Gasteiger partial charge in [-0.05, 0) is 6.42 Å². The summed E-state index contributed by atoms with van der Waals surface area (Å²) in [6.07, 6.45) is 3.00. The highest BCUT2D eigenvalue weighted by Gasteiger charge is 2.36. The van der Waals surface area contributed by atoms with Crippen molar-refractivity contribution in [2.24, 2.45) is 0 Å². The van der Waals surface area contributed by atoms with E-state index in [4.69, 9.17) is 0 Å². The van der Waals surface area contributed by atoms with E-state index in [-0.39, 0.29) is 0 Å². The smallest absolute Gasteiger partial charge is 0.121 e. The number of rotatable bonds is 3. The number of fused-ring (bicyclic) bond motifs is 2. The van der Waals surface area contributed by atoms with Gasteiger partial charge in [0.05, 0.1) is 0 Å². The standard InChI is InChI=1S/C8H14N2O/c11-3-1-2-10-6-7-4-8(10)5-9-7/h3,7-9H,1-2,4-6H2/t7-,8+/m1/s1. The summed E-state index contributed by atoms with van der Waals surface area (Å²) in [6, 6.07) is 1.44. The second kappa shape index (κ2) is 2.91. The zero-order valence-corrected chi connectivity index (χ0v) is 6.62. The zero-order chi connectivity index (χ0) is 7.68. The quantitative estimate of drug-likeness (QED) is 0.562. The van der Waals surface area contributed by atoms with Crippen molar-refractivity contribution in [2.45, 2.75) is 24.9 Å². The summed E-state index contributed by atoms with van der Waals surface area (Å²) in [5.41, 5.74) is 0. The van der Waals surface area contributed by atoms with E-state index in [1.165, 1.54) is 6.42 Å². The van der Waals surface area contributed by atoms with Crippen LogP contribution in [0.3, 0.4) is 0 Å². The number of nitrogens with one attached hydrogen (secondary N) is 1. The fraction of sp³-hybridized carbons (Fsp3) is 0.875. The third-order valence-electron chi connectivity index (χ3n) is 2.70. The van der Waals surface area contributed by atoms with Crippen LogP contribution in [0.4, 0.5) is 0 Å². The summed E-state index contributed by atoms with van der Waals surface area (Å²) in [4.78, 5) is 12.6. The lowest BCUT2D eigenvalue weighted by molar-refractivity contribution is -0.108. The average Bonchev–Trinajstić information content (AvgIpc) is 2.60. The molecule has 2 atom stereocenters. The first-order valence-electron chi connectivity index (χ1n) is 4.31. The van der Waals surface area contributed by atoms with Gasteiger partial charge in [0.2, 0.25) is 0 Å². The van der Waals surface area contributed by atoms with Crippen LogP contribution >= 0.6 is 0 Å². The summed E-state index contributed by atoms with van der Waals surface area (Å²) >= 11 is 0. The molecule has 0 amide bonds. The van der Waals surface area contributed by atoms with Crippen LogP contribution in [-0.4, -0.2) is 42.9 Å². The molecule has 0 spiro atoms. The van der Waals surface area contributed by atoms with Crippen LogP contribution in [0.2, 0.25) is 0 Å². The van der Waals surface area contributed by atoms with Crippen LogP contribution in [-0.2, 0) is 4.79 Å². The molecule has 0 aromatic rings. The molecule has 2 aliphatic rings. The van der Waals surface area contributed by atoms with E-state index in [0.29, 0.717) is 12.5 Å². The Balaban J connectivity index is 1.83. The second-order valence-corrected chi connectivity index (χ2v) is 3.44. The SMILES string of the molecule is O=CCCN1C[C@H]2C[C@H]1CN2. The second-order valence-electron chi connectivity index (χ2n) is 3.44. The maximum Gasteiger partial charge on any atom is 0.121 e. The molecule has 0 saturated carbocycles.